The summed E-state index contributed by atoms with van der Waals surface area (Å²) in [6, 6.07) is 6.49. The lowest BCUT2D eigenvalue weighted by atomic mass is 10.2. The highest BCUT2D eigenvalue weighted by atomic mass is 35.5. The van der Waals surface area contributed by atoms with Gasteiger partial charge in [0, 0.05) is 21.3 Å². The highest BCUT2D eigenvalue weighted by molar-refractivity contribution is 7.89. The Morgan fingerprint density at radius 3 is 2.57 bits per heavy atom. The Morgan fingerprint density at radius 2 is 2.00 bits per heavy atom. The Hall–Kier alpha value is -0.630. The van der Waals surface area contributed by atoms with Gasteiger partial charge in [-0.1, -0.05) is 23.2 Å². The lowest BCUT2D eigenvalue weighted by Crippen LogP contribution is -2.23. The van der Waals surface area contributed by atoms with Gasteiger partial charge in [-0.25, -0.2) is 13.1 Å². The molecule has 0 amide bonds. The second kappa shape index (κ2) is 6.64. The molecular formula is C13H13Cl2NO3S2. The molecular weight excluding hydrogens is 353 g/mol. The third kappa shape index (κ3) is 3.97. The average Bonchev–Trinajstić information content (AvgIpc) is 2.84. The van der Waals surface area contributed by atoms with Crippen molar-refractivity contribution in [3.05, 3.63) is 49.6 Å². The fourth-order valence-corrected chi connectivity index (χ4v) is 4.60. The van der Waals surface area contributed by atoms with E-state index in [1.807, 2.05) is 19.1 Å². The van der Waals surface area contributed by atoms with Crippen molar-refractivity contribution in [1.29, 1.82) is 0 Å². The van der Waals surface area contributed by atoms with Gasteiger partial charge in [-0.15, -0.1) is 11.3 Å². The predicted octanol–water partition coefficient (Wildman–Crippen LogP) is 3.33. The molecule has 0 spiro atoms. The quantitative estimate of drug-likeness (QED) is 0.853. The van der Waals surface area contributed by atoms with E-state index in [1.54, 1.807) is 0 Å². The molecule has 4 nitrogen and oxygen atoms in total. The van der Waals surface area contributed by atoms with Crippen molar-refractivity contribution >= 4 is 44.6 Å². The number of aliphatic hydroxyl groups excluding tert-OH is 1. The van der Waals surface area contributed by atoms with Crippen LogP contribution in [0.4, 0.5) is 0 Å². The van der Waals surface area contributed by atoms with Crippen LogP contribution in [-0.2, 0) is 23.2 Å². The van der Waals surface area contributed by atoms with Crippen molar-refractivity contribution in [3.8, 4) is 0 Å². The average molecular weight is 366 g/mol. The van der Waals surface area contributed by atoms with Crippen LogP contribution in [0.1, 0.15) is 15.3 Å². The van der Waals surface area contributed by atoms with Gasteiger partial charge in [0.15, 0.2) is 0 Å². The molecule has 1 aromatic heterocycles. The van der Waals surface area contributed by atoms with Crippen LogP contribution >= 0.6 is 34.5 Å². The first kappa shape index (κ1) is 16.7. The van der Waals surface area contributed by atoms with Gasteiger partial charge in [0.1, 0.15) is 4.90 Å². The zero-order valence-electron chi connectivity index (χ0n) is 11.1. The van der Waals surface area contributed by atoms with Crippen LogP contribution in [0.25, 0.3) is 0 Å². The molecule has 0 aliphatic carbocycles. The topological polar surface area (TPSA) is 66.4 Å². The van der Waals surface area contributed by atoms with E-state index in [1.165, 1.54) is 23.5 Å². The van der Waals surface area contributed by atoms with Crippen LogP contribution < -0.4 is 4.72 Å². The number of benzene rings is 1. The van der Waals surface area contributed by atoms with Gasteiger partial charge in [-0.3, -0.25) is 0 Å². The van der Waals surface area contributed by atoms with Crippen molar-refractivity contribution in [2.24, 2.45) is 0 Å². The third-order valence-electron chi connectivity index (χ3n) is 2.77. The van der Waals surface area contributed by atoms with Crippen molar-refractivity contribution in [1.82, 2.24) is 4.72 Å². The van der Waals surface area contributed by atoms with Gasteiger partial charge in [-0.05, 0) is 36.8 Å². The highest BCUT2D eigenvalue weighted by Crippen LogP contribution is 2.29. The summed E-state index contributed by atoms with van der Waals surface area (Å²) in [5.41, 5.74) is 0.275. The number of aryl methyl sites for hydroxylation is 1. The molecule has 8 heteroatoms. The van der Waals surface area contributed by atoms with Gasteiger partial charge in [0.25, 0.3) is 0 Å². The Labute approximate surface area is 137 Å². The molecule has 0 fully saturated rings. The Balaban J connectivity index is 2.29. The van der Waals surface area contributed by atoms with Gasteiger partial charge >= 0.3 is 0 Å². The Bertz CT molecular complexity index is 757. The van der Waals surface area contributed by atoms with E-state index in [9.17, 15) is 13.5 Å². The second-order valence-corrected chi connectivity index (χ2v) is 8.29. The largest absolute Gasteiger partial charge is 0.392 e. The van der Waals surface area contributed by atoms with E-state index in [-0.39, 0.29) is 33.7 Å². The number of aliphatic hydroxyl groups is 1. The monoisotopic (exact) mass is 365 g/mol. The number of sulfonamides is 1. The normalized spacial score (nSPS) is 11.8. The van der Waals surface area contributed by atoms with E-state index in [0.29, 0.717) is 0 Å². The molecule has 0 atom stereocenters. The third-order valence-corrected chi connectivity index (χ3v) is 5.97. The van der Waals surface area contributed by atoms with Crippen molar-refractivity contribution in [2.75, 3.05) is 0 Å². The zero-order valence-corrected chi connectivity index (χ0v) is 14.2. The van der Waals surface area contributed by atoms with Crippen molar-refractivity contribution in [3.63, 3.8) is 0 Å². The minimum absolute atomic E-state index is 0.0169. The molecule has 0 aliphatic rings. The summed E-state index contributed by atoms with van der Waals surface area (Å²) in [4.78, 5) is 1.87. The summed E-state index contributed by atoms with van der Waals surface area (Å²) in [5, 5.41) is 9.37. The number of hydrogen-bond acceptors (Lipinski definition) is 4. The lowest BCUT2D eigenvalue weighted by Gasteiger charge is -2.11. The molecule has 0 saturated heterocycles. The molecule has 0 aliphatic heterocycles. The van der Waals surface area contributed by atoms with E-state index in [4.69, 9.17) is 23.2 Å². The van der Waals surface area contributed by atoms with Gasteiger partial charge in [0.05, 0.1) is 11.6 Å². The van der Waals surface area contributed by atoms with Gasteiger partial charge < -0.3 is 5.11 Å². The first-order chi connectivity index (χ1) is 9.83. The van der Waals surface area contributed by atoms with E-state index in [0.717, 1.165) is 9.75 Å². The molecule has 2 aromatic rings. The fourth-order valence-electron chi connectivity index (χ4n) is 1.75. The number of rotatable bonds is 5. The first-order valence-corrected chi connectivity index (χ1v) is 9.03. The summed E-state index contributed by atoms with van der Waals surface area (Å²) in [6.45, 7) is 1.74. The summed E-state index contributed by atoms with van der Waals surface area (Å²) in [5.74, 6) is 0. The number of hydrogen-bond donors (Lipinski definition) is 2. The maximum absolute atomic E-state index is 12.3. The molecule has 21 heavy (non-hydrogen) atoms. The molecule has 2 N–H and O–H groups in total. The van der Waals surface area contributed by atoms with Crippen LogP contribution in [-0.4, -0.2) is 13.5 Å². The Morgan fingerprint density at radius 1 is 1.29 bits per heavy atom. The fraction of sp³-hybridized carbons (Fsp3) is 0.231. The Kier molecular flexibility index (Phi) is 5.29. The van der Waals surface area contributed by atoms with Crippen LogP contribution in [0.3, 0.4) is 0 Å². The summed E-state index contributed by atoms with van der Waals surface area (Å²) in [7, 11) is -3.81. The maximum atomic E-state index is 12.3. The second-order valence-electron chi connectivity index (χ2n) is 4.37. The van der Waals surface area contributed by atoms with E-state index >= 15 is 0 Å². The molecule has 0 saturated carbocycles. The van der Waals surface area contributed by atoms with Gasteiger partial charge in [-0.2, -0.15) is 0 Å². The molecule has 0 radical (unpaired) electrons. The minimum atomic E-state index is -3.81. The smallest absolute Gasteiger partial charge is 0.242 e. The molecule has 2 rings (SSSR count). The number of nitrogens with one attached hydrogen (secondary N) is 1. The summed E-state index contributed by atoms with van der Waals surface area (Å²) < 4.78 is 27.1. The predicted molar refractivity (Wildman–Crippen MR) is 85.5 cm³/mol. The molecule has 1 aromatic carbocycles. The van der Waals surface area contributed by atoms with E-state index in [2.05, 4.69) is 4.72 Å². The van der Waals surface area contributed by atoms with Crippen LogP contribution in [0.15, 0.2) is 29.2 Å². The SMILES string of the molecule is Cc1ccc(CNS(=O)(=O)c2cc(Cl)cc(CO)c2Cl)s1. The van der Waals surface area contributed by atoms with E-state index < -0.39 is 10.0 Å². The minimum Gasteiger partial charge on any atom is -0.392 e. The standard InChI is InChI=1S/C13H13Cl2NO3S2/c1-8-2-3-11(20-8)6-16-21(18,19)12-5-10(14)4-9(7-17)13(12)15/h2-5,16-17H,6-7H2,1H3. The van der Waals surface area contributed by atoms with Crippen LogP contribution in [0, 0.1) is 6.92 Å². The first-order valence-electron chi connectivity index (χ1n) is 5.97. The zero-order chi connectivity index (χ0) is 15.6. The number of halogens is 2. The molecule has 114 valence electrons. The van der Waals surface area contributed by atoms with Crippen LogP contribution in [0.5, 0.6) is 0 Å². The summed E-state index contributed by atoms with van der Waals surface area (Å²) >= 11 is 13.4. The molecule has 0 unspecified atom stereocenters. The van der Waals surface area contributed by atoms with Crippen LogP contribution in [0.2, 0.25) is 10.0 Å². The lowest BCUT2D eigenvalue weighted by molar-refractivity contribution is 0.281. The number of thiophene rings is 1. The van der Waals surface area contributed by atoms with Gasteiger partial charge in [0.2, 0.25) is 10.0 Å². The van der Waals surface area contributed by atoms with Crippen molar-refractivity contribution in [2.45, 2.75) is 25.0 Å². The highest BCUT2D eigenvalue weighted by Gasteiger charge is 2.21. The maximum Gasteiger partial charge on any atom is 0.242 e. The summed E-state index contributed by atoms with van der Waals surface area (Å²) in [6.07, 6.45) is 0. The molecule has 1 heterocycles. The van der Waals surface area contributed by atoms with Crippen molar-refractivity contribution < 1.29 is 13.5 Å². The molecule has 0 bridgehead atoms.